The van der Waals surface area contributed by atoms with Crippen LogP contribution in [-0.4, -0.2) is 17.2 Å². The van der Waals surface area contributed by atoms with Crippen molar-refractivity contribution in [2.24, 2.45) is 0 Å². The van der Waals surface area contributed by atoms with E-state index in [1.807, 2.05) is 5.32 Å². The molecule has 0 saturated heterocycles. The zero-order valence-corrected chi connectivity index (χ0v) is 8.36. The van der Waals surface area contributed by atoms with Gasteiger partial charge in [0.15, 0.2) is 0 Å². The van der Waals surface area contributed by atoms with E-state index in [4.69, 9.17) is 11.6 Å². The second-order valence-electron chi connectivity index (χ2n) is 3.35. The van der Waals surface area contributed by atoms with Gasteiger partial charge in [-0.2, -0.15) is 13.2 Å². The van der Waals surface area contributed by atoms with E-state index in [2.05, 4.69) is 0 Å². The number of hydrogen-bond donors (Lipinski definition) is 2. The number of nitrogens with one attached hydrogen (secondary N) is 1. The first-order chi connectivity index (χ1) is 7.26. The Balaban J connectivity index is 2.65. The number of aliphatic hydroxyl groups is 1. The van der Waals surface area contributed by atoms with Gasteiger partial charge in [-0.1, -0.05) is 17.7 Å². The number of carbonyl (C=O) groups is 1. The first-order valence-corrected chi connectivity index (χ1v) is 4.55. The summed E-state index contributed by atoms with van der Waals surface area (Å²) in [5, 5.41) is 11.6. The Morgan fingerprint density at radius 2 is 2.00 bits per heavy atom. The summed E-state index contributed by atoms with van der Waals surface area (Å²) in [5.74, 6) is -1.52. The third-order valence-electron chi connectivity index (χ3n) is 2.36. The van der Waals surface area contributed by atoms with Crippen LogP contribution < -0.4 is 5.32 Å². The largest absolute Gasteiger partial charge is 0.430 e. The lowest BCUT2D eigenvalue weighted by Gasteiger charge is -2.23. The lowest BCUT2D eigenvalue weighted by molar-refractivity contribution is -0.252. The minimum atomic E-state index is -5.07. The number of rotatable bonds is 0. The summed E-state index contributed by atoms with van der Waals surface area (Å²) in [7, 11) is 0. The van der Waals surface area contributed by atoms with E-state index >= 15 is 0 Å². The molecule has 16 heavy (non-hydrogen) atoms. The Hall–Kier alpha value is -1.27. The first kappa shape index (κ1) is 11.2. The predicted octanol–water partition coefficient (Wildman–Crippen LogP) is 2.04. The molecule has 7 heteroatoms. The smallest absolute Gasteiger partial charge is 0.368 e. The Kier molecular flexibility index (Phi) is 2.18. The fourth-order valence-corrected chi connectivity index (χ4v) is 1.72. The quantitative estimate of drug-likeness (QED) is 0.741. The number of hydrogen-bond acceptors (Lipinski definition) is 2. The number of anilines is 1. The zero-order valence-electron chi connectivity index (χ0n) is 7.60. The summed E-state index contributed by atoms with van der Waals surface area (Å²) in [6.07, 6.45) is -5.07. The van der Waals surface area contributed by atoms with Crippen LogP contribution in [0.4, 0.5) is 18.9 Å². The van der Waals surface area contributed by atoms with Crippen LogP contribution in [0.2, 0.25) is 5.02 Å². The maximum absolute atomic E-state index is 12.6. The van der Waals surface area contributed by atoms with Crippen molar-refractivity contribution in [1.82, 2.24) is 0 Å². The molecule has 86 valence electrons. The van der Waals surface area contributed by atoms with Crippen molar-refractivity contribution in [3.8, 4) is 0 Å². The predicted molar refractivity (Wildman–Crippen MR) is 50.0 cm³/mol. The van der Waals surface area contributed by atoms with Gasteiger partial charge < -0.3 is 10.4 Å². The van der Waals surface area contributed by atoms with Gasteiger partial charge in [0.05, 0.1) is 0 Å². The van der Waals surface area contributed by atoms with Crippen LogP contribution in [0.1, 0.15) is 5.56 Å². The molecule has 1 aliphatic rings. The molecule has 1 heterocycles. The molecule has 1 aromatic rings. The lowest BCUT2D eigenvalue weighted by atomic mass is 9.95. The second-order valence-corrected chi connectivity index (χ2v) is 3.79. The lowest BCUT2D eigenvalue weighted by Crippen LogP contribution is -2.47. The highest BCUT2D eigenvalue weighted by Crippen LogP contribution is 2.47. The molecule has 0 bridgehead atoms. The molecule has 1 amide bonds. The molecular formula is C9H5ClF3NO2. The summed E-state index contributed by atoms with van der Waals surface area (Å²) in [4.78, 5) is 11.2. The molecule has 2 rings (SSSR count). The Morgan fingerprint density at radius 1 is 1.38 bits per heavy atom. The highest BCUT2D eigenvalue weighted by Gasteiger charge is 2.64. The van der Waals surface area contributed by atoms with Gasteiger partial charge in [0.25, 0.3) is 11.5 Å². The van der Waals surface area contributed by atoms with Crippen LogP contribution in [0.15, 0.2) is 18.2 Å². The molecule has 0 spiro atoms. The topological polar surface area (TPSA) is 49.3 Å². The summed E-state index contributed by atoms with van der Waals surface area (Å²) in [5.41, 5.74) is -4.15. The van der Waals surface area contributed by atoms with Gasteiger partial charge in [-0.3, -0.25) is 4.79 Å². The van der Waals surface area contributed by atoms with Gasteiger partial charge in [-0.15, -0.1) is 0 Å². The van der Waals surface area contributed by atoms with Crippen molar-refractivity contribution in [3.63, 3.8) is 0 Å². The molecular weight excluding hydrogens is 247 g/mol. The van der Waals surface area contributed by atoms with E-state index in [-0.39, 0.29) is 10.7 Å². The molecule has 0 unspecified atom stereocenters. The SMILES string of the molecule is O=C1Nc2cc(Cl)ccc2[C@@]1(O)C(F)(F)F. The van der Waals surface area contributed by atoms with Crippen molar-refractivity contribution in [2.75, 3.05) is 5.32 Å². The highest BCUT2D eigenvalue weighted by atomic mass is 35.5. The number of fused-ring (bicyclic) bond motifs is 1. The minimum absolute atomic E-state index is 0.127. The van der Waals surface area contributed by atoms with Gasteiger partial charge in [0.2, 0.25) is 0 Å². The number of carbonyl (C=O) groups excluding carboxylic acids is 1. The minimum Gasteiger partial charge on any atom is -0.368 e. The number of halogens is 4. The van der Waals surface area contributed by atoms with Gasteiger partial charge in [-0.05, 0) is 12.1 Å². The van der Waals surface area contributed by atoms with Gasteiger partial charge >= 0.3 is 6.18 Å². The molecule has 0 aromatic heterocycles. The van der Waals surface area contributed by atoms with Crippen LogP contribution in [0.3, 0.4) is 0 Å². The third kappa shape index (κ3) is 1.30. The van der Waals surface area contributed by atoms with E-state index < -0.39 is 23.2 Å². The monoisotopic (exact) mass is 251 g/mol. The van der Waals surface area contributed by atoms with E-state index in [1.165, 1.54) is 6.07 Å². The Bertz CT molecular complexity index is 474. The maximum atomic E-state index is 12.6. The number of alkyl halides is 3. The van der Waals surface area contributed by atoms with Crippen molar-refractivity contribution >= 4 is 23.2 Å². The average Bonchev–Trinajstić information content (AvgIpc) is 2.38. The molecule has 0 aliphatic carbocycles. The number of benzene rings is 1. The maximum Gasteiger partial charge on any atom is 0.430 e. The molecule has 1 aromatic carbocycles. The zero-order chi connectivity index (χ0) is 12.1. The van der Waals surface area contributed by atoms with Gasteiger partial charge in [-0.25, -0.2) is 0 Å². The standard InChI is InChI=1S/C9H5ClF3NO2/c10-4-1-2-5-6(3-4)14-7(15)8(5,16)9(11,12)13/h1-3,16H,(H,14,15)/t8-/m0/s1. The van der Waals surface area contributed by atoms with E-state index in [1.54, 1.807) is 0 Å². The van der Waals surface area contributed by atoms with Crippen molar-refractivity contribution < 1.29 is 23.1 Å². The molecule has 1 aliphatic heterocycles. The highest BCUT2D eigenvalue weighted by molar-refractivity contribution is 6.31. The van der Waals surface area contributed by atoms with Crippen LogP contribution in [0.5, 0.6) is 0 Å². The summed E-state index contributed by atoms with van der Waals surface area (Å²) in [6, 6.07) is 3.30. The molecule has 0 radical (unpaired) electrons. The Labute approximate surface area is 92.8 Å². The fourth-order valence-electron chi connectivity index (χ4n) is 1.55. The summed E-state index contributed by atoms with van der Waals surface area (Å²) >= 11 is 5.56. The van der Waals surface area contributed by atoms with Gasteiger partial charge in [0, 0.05) is 16.3 Å². The van der Waals surface area contributed by atoms with Crippen molar-refractivity contribution in [1.29, 1.82) is 0 Å². The van der Waals surface area contributed by atoms with Crippen LogP contribution in [0, 0.1) is 0 Å². The fraction of sp³-hybridized carbons (Fsp3) is 0.222. The molecule has 1 atom stereocenters. The first-order valence-electron chi connectivity index (χ1n) is 4.17. The molecule has 3 nitrogen and oxygen atoms in total. The van der Waals surface area contributed by atoms with Crippen molar-refractivity contribution in [3.05, 3.63) is 28.8 Å². The normalized spacial score (nSPS) is 24.2. The number of amides is 1. The average molecular weight is 252 g/mol. The second kappa shape index (κ2) is 3.11. The van der Waals surface area contributed by atoms with E-state index in [0.717, 1.165) is 12.1 Å². The Morgan fingerprint density at radius 3 is 2.56 bits per heavy atom. The van der Waals surface area contributed by atoms with Gasteiger partial charge in [0.1, 0.15) is 0 Å². The third-order valence-corrected chi connectivity index (χ3v) is 2.59. The molecule has 0 fully saturated rings. The summed E-state index contributed by atoms with van der Waals surface area (Å²) in [6.45, 7) is 0. The van der Waals surface area contributed by atoms with Crippen LogP contribution >= 0.6 is 11.6 Å². The molecule has 0 saturated carbocycles. The van der Waals surface area contributed by atoms with Crippen LogP contribution in [0.25, 0.3) is 0 Å². The van der Waals surface area contributed by atoms with E-state index in [9.17, 15) is 23.1 Å². The summed E-state index contributed by atoms with van der Waals surface area (Å²) < 4.78 is 37.9. The van der Waals surface area contributed by atoms with E-state index in [0.29, 0.717) is 0 Å². The van der Waals surface area contributed by atoms with Crippen LogP contribution in [-0.2, 0) is 10.4 Å². The molecule has 2 N–H and O–H groups in total. The van der Waals surface area contributed by atoms with Crippen molar-refractivity contribution in [2.45, 2.75) is 11.8 Å².